The van der Waals surface area contributed by atoms with E-state index >= 15 is 0 Å². The van der Waals surface area contributed by atoms with E-state index in [1.807, 2.05) is 85.9 Å². The van der Waals surface area contributed by atoms with E-state index < -0.39 is 0 Å². The number of pyridine rings is 3. The van der Waals surface area contributed by atoms with Crippen molar-refractivity contribution in [3.05, 3.63) is 151 Å². The molecule has 0 unspecified atom stereocenters. The molecule has 0 saturated heterocycles. The zero-order chi connectivity index (χ0) is 29.2. The number of para-hydroxylation sites is 1. The summed E-state index contributed by atoms with van der Waals surface area (Å²) in [5, 5.41) is 3.32. The number of rotatable bonds is 3. The Morgan fingerprint density at radius 3 is 2.39 bits per heavy atom. The zero-order valence-corrected chi connectivity index (χ0v) is 26.6. The molecule has 0 aliphatic rings. The first-order chi connectivity index (χ1) is 21.1. The van der Waals surface area contributed by atoms with Crippen molar-refractivity contribution in [2.75, 3.05) is 0 Å². The van der Waals surface area contributed by atoms with Gasteiger partial charge in [-0.25, -0.2) is 0 Å². The van der Waals surface area contributed by atoms with Gasteiger partial charge in [-0.2, -0.15) is 0 Å². The molecule has 4 heterocycles. The first-order valence-corrected chi connectivity index (χ1v) is 14.2. The van der Waals surface area contributed by atoms with Crippen LogP contribution in [0.25, 0.3) is 66.5 Å². The second kappa shape index (κ2) is 12.7. The number of benzene rings is 4. The Bertz CT molecular complexity index is 2170. The van der Waals surface area contributed by atoms with E-state index in [0.717, 1.165) is 77.7 Å². The van der Waals surface area contributed by atoms with Crippen molar-refractivity contribution in [3.63, 3.8) is 0 Å². The average molecular weight is 746 g/mol. The van der Waals surface area contributed by atoms with Crippen molar-refractivity contribution in [2.45, 2.75) is 13.8 Å². The summed E-state index contributed by atoms with van der Waals surface area (Å²) >= 11 is 0. The molecule has 0 aliphatic carbocycles. The van der Waals surface area contributed by atoms with Crippen molar-refractivity contribution in [2.24, 2.45) is 0 Å². The fourth-order valence-corrected chi connectivity index (χ4v) is 5.32. The summed E-state index contributed by atoms with van der Waals surface area (Å²) in [6.07, 6.45) is 3.72. The average Bonchev–Trinajstić information content (AvgIpc) is 3.45. The summed E-state index contributed by atoms with van der Waals surface area (Å²) in [6.45, 7) is 4.11. The van der Waals surface area contributed by atoms with E-state index in [9.17, 15) is 0 Å². The molecule has 8 rings (SSSR count). The summed E-state index contributed by atoms with van der Waals surface area (Å²) in [5.41, 5.74) is 10.9. The van der Waals surface area contributed by atoms with Crippen LogP contribution < -0.4 is 0 Å². The minimum Gasteiger partial charge on any atom is -0.501 e. The maximum absolute atomic E-state index is 6.20. The Balaban J connectivity index is 0.000000222. The van der Waals surface area contributed by atoms with Crippen LogP contribution in [0.1, 0.15) is 11.3 Å². The van der Waals surface area contributed by atoms with Gasteiger partial charge in [-0.1, -0.05) is 59.5 Å². The van der Waals surface area contributed by atoms with Gasteiger partial charge in [0.2, 0.25) is 0 Å². The predicted molar refractivity (Wildman–Crippen MR) is 175 cm³/mol. The Morgan fingerprint density at radius 1 is 0.682 bits per heavy atom. The van der Waals surface area contributed by atoms with Gasteiger partial charge < -0.3 is 14.4 Å². The van der Waals surface area contributed by atoms with Crippen molar-refractivity contribution >= 4 is 32.8 Å². The van der Waals surface area contributed by atoms with Crippen molar-refractivity contribution in [1.29, 1.82) is 0 Å². The SMILES string of the molecule is Cc1ccc2cc(-c3cc(-c4[c-]ccc5c4oc4ccccc45)ncc3C)ccc2n1.[Ir].[c-]1ccccc1-c1ccccn1. The maximum Gasteiger partial charge on any atom is 0.120 e. The van der Waals surface area contributed by atoms with Crippen LogP contribution in [0.2, 0.25) is 0 Å². The van der Waals surface area contributed by atoms with Gasteiger partial charge in [-0.3, -0.25) is 4.98 Å². The molecule has 0 saturated carbocycles. The molecule has 215 valence electrons. The van der Waals surface area contributed by atoms with Crippen LogP contribution in [-0.4, -0.2) is 15.0 Å². The Kier molecular flexibility index (Phi) is 8.42. The summed E-state index contributed by atoms with van der Waals surface area (Å²) in [5.74, 6) is 0. The van der Waals surface area contributed by atoms with Crippen molar-refractivity contribution in [1.82, 2.24) is 15.0 Å². The molecule has 0 bridgehead atoms. The molecule has 4 nitrogen and oxygen atoms in total. The summed E-state index contributed by atoms with van der Waals surface area (Å²) in [6, 6.07) is 45.0. The van der Waals surface area contributed by atoms with Crippen LogP contribution in [0.4, 0.5) is 0 Å². The van der Waals surface area contributed by atoms with Gasteiger partial charge in [-0.15, -0.1) is 54.1 Å². The van der Waals surface area contributed by atoms with E-state index in [2.05, 4.69) is 71.5 Å². The third-order valence-corrected chi connectivity index (χ3v) is 7.49. The number of aromatic nitrogens is 3. The minimum atomic E-state index is 0. The van der Waals surface area contributed by atoms with Crippen LogP contribution in [-0.2, 0) is 20.1 Å². The number of hydrogen-bond donors (Lipinski definition) is 0. The predicted octanol–water partition coefficient (Wildman–Crippen LogP) is 9.83. The Hall–Kier alpha value is -4.96. The summed E-state index contributed by atoms with van der Waals surface area (Å²) in [4.78, 5) is 13.6. The fourth-order valence-electron chi connectivity index (χ4n) is 5.32. The number of nitrogens with zero attached hydrogens (tertiary/aromatic N) is 3. The molecule has 44 heavy (non-hydrogen) atoms. The molecular formula is C39H27IrN3O-2. The second-order valence-electron chi connectivity index (χ2n) is 10.4. The first kappa shape index (κ1) is 29.1. The van der Waals surface area contributed by atoms with E-state index in [-0.39, 0.29) is 20.1 Å². The van der Waals surface area contributed by atoms with E-state index in [4.69, 9.17) is 9.40 Å². The molecule has 0 fully saturated rings. The number of aryl methyl sites for hydroxylation is 2. The fraction of sp³-hybridized carbons (Fsp3) is 0.0513. The van der Waals surface area contributed by atoms with E-state index in [0.29, 0.717) is 0 Å². The number of hydrogen-bond acceptors (Lipinski definition) is 4. The van der Waals surface area contributed by atoms with Crippen LogP contribution in [0.3, 0.4) is 0 Å². The maximum atomic E-state index is 6.20. The molecule has 4 aromatic carbocycles. The van der Waals surface area contributed by atoms with Gasteiger partial charge in [0.1, 0.15) is 5.58 Å². The minimum absolute atomic E-state index is 0. The second-order valence-corrected chi connectivity index (χ2v) is 10.4. The summed E-state index contributed by atoms with van der Waals surface area (Å²) < 4.78 is 6.20. The van der Waals surface area contributed by atoms with Crippen LogP contribution >= 0.6 is 0 Å². The molecule has 8 aromatic rings. The molecule has 0 spiro atoms. The monoisotopic (exact) mass is 746 g/mol. The third-order valence-electron chi connectivity index (χ3n) is 7.49. The van der Waals surface area contributed by atoms with E-state index in [1.165, 1.54) is 0 Å². The van der Waals surface area contributed by atoms with Gasteiger partial charge >= 0.3 is 0 Å². The standard InChI is InChI=1S/C28H19N2O.C11H8N.Ir/c1-17-16-29-26(15-24(17)19-12-13-25-20(14-19)11-10-18(2)30-25)23-8-5-7-22-21-6-3-4-9-27(21)31-28(22)23;1-2-6-10(7-3-1)11-8-4-5-9-12-11;/h3-7,9-16H,1-2H3;1-6,8-9H;/q2*-1;. The molecular weight excluding hydrogens is 719 g/mol. The van der Waals surface area contributed by atoms with E-state index in [1.54, 1.807) is 6.20 Å². The molecule has 0 atom stereocenters. The molecule has 4 aromatic heterocycles. The smallest absolute Gasteiger partial charge is 0.120 e. The van der Waals surface area contributed by atoms with Gasteiger partial charge in [-0.05, 0) is 72.3 Å². The van der Waals surface area contributed by atoms with Gasteiger partial charge in [0.05, 0.1) is 11.1 Å². The normalized spacial score (nSPS) is 10.8. The Morgan fingerprint density at radius 2 is 1.55 bits per heavy atom. The van der Waals surface area contributed by atoms with Crippen molar-refractivity contribution in [3.8, 4) is 33.6 Å². The van der Waals surface area contributed by atoms with Crippen LogP contribution in [0.15, 0.2) is 132 Å². The third kappa shape index (κ3) is 5.80. The van der Waals surface area contributed by atoms with Crippen LogP contribution in [0, 0.1) is 26.0 Å². The summed E-state index contributed by atoms with van der Waals surface area (Å²) in [7, 11) is 0. The molecule has 1 radical (unpaired) electrons. The van der Waals surface area contributed by atoms with Gasteiger partial charge in [0, 0.05) is 49.0 Å². The number of fused-ring (bicyclic) bond motifs is 4. The topological polar surface area (TPSA) is 51.8 Å². The van der Waals surface area contributed by atoms with Crippen molar-refractivity contribution < 1.29 is 24.5 Å². The van der Waals surface area contributed by atoms with Gasteiger partial charge in [0.15, 0.2) is 0 Å². The zero-order valence-electron chi connectivity index (χ0n) is 24.2. The Labute approximate surface area is 269 Å². The largest absolute Gasteiger partial charge is 0.501 e. The molecule has 0 aliphatic heterocycles. The molecule has 5 heteroatoms. The quantitative estimate of drug-likeness (QED) is 0.169. The molecule has 0 amide bonds. The number of furan rings is 1. The first-order valence-electron chi connectivity index (χ1n) is 14.2. The molecule has 0 N–H and O–H groups in total. The van der Waals surface area contributed by atoms with Gasteiger partial charge in [0.25, 0.3) is 0 Å². The van der Waals surface area contributed by atoms with Crippen LogP contribution in [0.5, 0.6) is 0 Å².